The fraction of sp³-hybridized carbons (Fsp3) is 0.643. The zero-order valence-electron chi connectivity index (χ0n) is 21.7. The van der Waals surface area contributed by atoms with Crippen molar-refractivity contribution in [2.75, 3.05) is 48.0 Å². The van der Waals surface area contributed by atoms with Crippen LogP contribution in [-0.4, -0.2) is 80.4 Å². The van der Waals surface area contributed by atoms with Gasteiger partial charge in [0.25, 0.3) is 5.91 Å². The van der Waals surface area contributed by atoms with Crippen molar-refractivity contribution in [1.82, 2.24) is 4.90 Å². The third-order valence-electron chi connectivity index (χ3n) is 8.38. The Morgan fingerprint density at radius 3 is 2.66 bits per heavy atom. The van der Waals surface area contributed by atoms with Crippen LogP contribution in [0.2, 0.25) is 0 Å². The maximum Gasteiger partial charge on any atom is 0.314 e. The number of aliphatic hydroxyl groups is 1. The Bertz CT molecular complexity index is 968. The number of carbonyl (C=O) groups excluding carboxylic acids is 2. The second-order valence-corrected chi connectivity index (χ2v) is 10.7. The molecule has 7 nitrogen and oxygen atoms in total. The molecule has 1 saturated heterocycles. The largest absolute Gasteiger partial charge is 0.501 e. The van der Waals surface area contributed by atoms with Crippen LogP contribution in [-0.2, 0) is 20.8 Å². The predicted molar refractivity (Wildman–Crippen MR) is 134 cm³/mol. The Kier molecular flexibility index (Phi) is 7.99. The van der Waals surface area contributed by atoms with Crippen molar-refractivity contribution in [2.24, 2.45) is 11.8 Å². The first-order valence-corrected chi connectivity index (χ1v) is 13.0. The van der Waals surface area contributed by atoms with Gasteiger partial charge in [-0.1, -0.05) is 12.1 Å². The summed E-state index contributed by atoms with van der Waals surface area (Å²) in [6, 6.07) is 6.12. The van der Waals surface area contributed by atoms with Crippen LogP contribution < -0.4 is 0 Å². The Labute approximate surface area is 209 Å². The maximum atomic E-state index is 13.6. The van der Waals surface area contributed by atoms with Crippen molar-refractivity contribution in [2.45, 2.75) is 57.1 Å². The number of carbonyl (C=O) groups is 2. The van der Waals surface area contributed by atoms with Gasteiger partial charge in [0.05, 0.1) is 45.5 Å². The number of rotatable bonds is 10. The molecule has 0 radical (unpaired) electrons. The van der Waals surface area contributed by atoms with Crippen molar-refractivity contribution in [3.8, 4) is 0 Å². The molecule has 35 heavy (non-hydrogen) atoms. The molecular weight excluding hydrogens is 444 g/mol. The lowest BCUT2D eigenvalue weighted by Gasteiger charge is -2.36. The van der Waals surface area contributed by atoms with E-state index in [0.717, 1.165) is 54.8 Å². The summed E-state index contributed by atoms with van der Waals surface area (Å²) in [5.41, 5.74) is 2.94. The van der Waals surface area contributed by atoms with Gasteiger partial charge in [-0.2, -0.15) is 0 Å². The third-order valence-corrected chi connectivity index (χ3v) is 8.38. The molecule has 3 aliphatic rings. The van der Waals surface area contributed by atoms with Gasteiger partial charge in [-0.3, -0.25) is 9.28 Å². The van der Waals surface area contributed by atoms with Crippen molar-refractivity contribution in [3.05, 3.63) is 46.7 Å². The minimum absolute atomic E-state index is 0.0411. The standard InChI is InChI=1S/C28H41N2O5/c1-29-18-21-15-19(10-11-22(21)28(29)33)20(17-25(32)30(2)12-6-5-7-13-30)16-23-26(27(23)35-4)24(34-3)9-8-14-31/h9-11,15,20,23,26-27,31H,5-8,12-14,16-18H2,1-4H3/q+1. The summed E-state index contributed by atoms with van der Waals surface area (Å²) in [5, 5.41) is 9.26. The van der Waals surface area contributed by atoms with E-state index in [0.29, 0.717) is 29.8 Å². The van der Waals surface area contributed by atoms with Gasteiger partial charge in [0.15, 0.2) is 0 Å². The number of amides is 2. The number of nitrogens with zero attached hydrogens (tertiary/aromatic N) is 2. The van der Waals surface area contributed by atoms with Crippen molar-refractivity contribution in [3.63, 3.8) is 0 Å². The summed E-state index contributed by atoms with van der Waals surface area (Å²) in [5.74, 6) is 1.65. The molecule has 4 atom stereocenters. The minimum atomic E-state index is 0.0411. The van der Waals surface area contributed by atoms with Gasteiger partial charge in [0.1, 0.15) is 0 Å². The average Bonchev–Trinajstić information content (AvgIpc) is 3.47. The molecule has 2 fully saturated rings. The van der Waals surface area contributed by atoms with Crippen LogP contribution in [0.5, 0.6) is 0 Å². The molecule has 0 spiro atoms. The molecule has 0 bridgehead atoms. The van der Waals surface area contributed by atoms with Gasteiger partial charge in [-0.25, -0.2) is 4.79 Å². The first-order valence-electron chi connectivity index (χ1n) is 13.0. The van der Waals surface area contributed by atoms with Crippen LogP contribution in [0.1, 0.15) is 65.9 Å². The molecule has 2 heterocycles. The van der Waals surface area contributed by atoms with Gasteiger partial charge in [-0.05, 0) is 67.2 Å². The zero-order valence-corrected chi connectivity index (χ0v) is 21.7. The molecule has 4 unspecified atom stereocenters. The predicted octanol–water partition coefficient (Wildman–Crippen LogP) is 3.47. The highest BCUT2D eigenvalue weighted by Crippen LogP contribution is 2.52. The van der Waals surface area contributed by atoms with Crippen molar-refractivity contribution in [1.29, 1.82) is 0 Å². The van der Waals surface area contributed by atoms with Crippen LogP contribution in [0.3, 0.4) is 0 Å². The molecule has 7 heteroatoms. The van der Waals surface area contributed by atoms with Crippen LogP contribution in [0, 0.1) is 11.8 Å². The van der Waals surface area contributed by atoms with Crippen LogP contribution in [0.25, 0.3) is 0 Å². The number of hydrogen-bond donors (Lipinski definition) is 1. The fourth-order valence-electron chi connectivity index (χ4n) is 6.18. The lowest BCUT2D eigenvalue weighted by molar-refractivity contribution is -0.840. The molecule has 4 rings (SSSR count). The average molecular weight is 486 g/mol. The monoisotopic (exact) mass is 485 g/mol. The highest BCUT2D eigenvalue weighted by atomic mass is 16.5. The number of aliphatic hydroxyl groups excluding tert-OH is 1. The summed E-state index contributed by atoms with van der Waals surface area (Å²) in [4.78, 5) is 27.8. The summed E-state index contributed by atoms with van der Waals surface area (Å²) in [6.07, 6.45) is 7.25. The summed E-state index contributed by atoms with van der Waals surface area (Å²) in [6.45, 7) is 2.53. The molecule has 1 saturated carbocycles. The second-order valence-electron chi connectivity index (χ2n) is 10.7. The van der Waals surface area contributed by atoms with Crippen LogP contribution >= 0.6 is 0 Å². The second kappa shape index (κ2) is 10.8. The molecule has 2 amide bonds. The van der Waals surface area contributed by atoms with Gasteiger partial charge in [0.2, 0.25) is 0 Å². The number of methoxy groups -OCH3 is 2. The first-order chi connectivity index (χ1) is 16.8. The quantitative estimate of drug-likeness (QED) is 0.406. The number of quaternary nitrogens is 1. The van der Waals surface area contributed by atoms with Crippen LogP contribution in [0.15, 0.2) is 30.0 Å². The lowest BCUT2D eigenvalue weighted by Crippen LogP contribution is -2.52. The number of ether oxygens (including phenoxy) is 2. The number of piperidine rings is 1. The normalized spacial score (nSPS) is 26.4. The third kappa shape index (κ3) is 5.32. The van der Waals surface area contributed by atoms with Crippen molar-refractivity contribution < 1.29 is 28.7 Å². The smallest absolute Gasteiger partial charge is 0.314 e. The van der Waals surface area contributed by atoms with Gasteiger partial charge < -0.3 is 19.5 Å². The summed E-state index contributed by atoms with van der Waals surface area (Å²) >= 11 is 0. The lowest BCUT2D eigenvalue weighted by atomic mass is 9.87. The fourth-order valence-corrected chi connectivity index (χ4v) is 6.18. The molecule has 192 valence electrons. The number of fused-ring (bicyclic) bond motifs is 1. The van der Waals surface area contributed by atoms with E-state index in [9.17, 15) is 14.7 Å². The first kappa shape index (κ1) is 25.9. The topological polar surface area (TPSA) is 76.1 Å². The number of hydrogen-bond acceptors (Lipinski definition) is 5. The highest BCUT2D eigenvalue weighted by Gasteiger charge is 2.54. The SMILES string of the molecule is COC(=CCCO)C1C(CC(CC(=O)[N+]2(C)CCCCC2)c2ccc3c(c2)CN(C)C3=O)C1OC. The summed E-state index contributed by atoms with van der Waals surface area (Å²) in [7, 11) is 7.32. The van der Waals surface area contributed by atoms with E-state index in [-0.39, 0.29) is 36.4 Å². The van der Waals surface area contributed by atoms with E-state index in [1.165, 1.54) is 6.42 Å². The zero-order chi connectivity index (χ0) is 25.2. The molecular formula is C28H41N2O5+. The molecule has 1 aromatic rings. The van der Waals surface area contributed by atoms with E-state index in [1.54, 1.807) is 19.1 Å². The van der Waals surface area contributed by atoms with E-state index in [1.807, 2.05) is 25.3 Å². The minimum Gasteiger partial charge on any atom is -0.501 e. The maximum absolute atomic E-state index is 13.6. The van der Waals surface area contributed by atoms with Gasteiger partial charge in [-0.15, -0.1) is 0 Å². The molecule has 2 aliphatic heterocycles. The molecule has 1 aromatic carbocycles. The Hall–Kier alpha value is -2.22. The number of likely N-dealkylation sites (tertiary alicyclic amines) is 1. The van der Waals surface area contributed by atoms with Gasteiger partial charge >= 0.3 is 5.91 Å². The molecule has 0 aromatic heterocycles. The van der Waals surface area contributed by atoms with Crippen LogP contribution in [0.4, 0.5) is 0 Å². The molecule has 1 N–H and O–H groups in total. The van der Waals surface area contributed by atoms with E-state index in [4.69, 9.17) is 9.47 Å². The van der Waals surface area contributed by atoms with E-state index < -0.39 is 0 Å². The Morgan fingerprint density at radius 2 is 2.00 bits per heavy atom. The Balaban J connectivity index is 1.59. The van der Waals surface area contributed by atoms with Gasteiger partial charge in [0, 0.05) is 38.8 Å². The summed E-state index contributed by atoms with van der Waals surface area (Å²) < 4.78 is 12.0. The molecule has 1 aliphatic carbocycles. The highest BCUT2D eigenvalue weighted by molar-refractivity contribution is 5.98. The van der Waals surface area contributed by atoms with E-state index in [2.05, 4.69) is 13.1 Å². The van der Waals surface area contributed by atoms with Crippen molar-refractivity contribution >= 4 is 11.8 Å². The Morgan fingerprint density at radius 1 is 1.26 bits per heavy atom. The number of benzene rings is 1. The van der Waals surface area contributed by atoms with E-state index >= 15 is 0 Å².